The van der Waals surface area contributed by atoms with Gasteiger partial charge in [0.1, 0.15) is 5.82 Å². The van der Waals surface area contributed by atoms with Gasteiger partial charge in [-0.3, -0.25) is 4.79 Å². The van der Waals surface area contributed by atoms with Crippen LogP contribution in [0.2, 0.25) is 0 Å². The van der Waals surface area contributed by atoms with Gasteiger partial charge in [0.15, 0.2) is 5.96 Å². The smallest absolute Gasteiger partial charge is 0.289 e. The molecule has 0 saturated heterocycles. The van der Waals surface area contributed by atoms with E-state index < -0.39 is 0 Å². The van der Waals surface area contributed by atoms with Crippen LogP contribution in [0.5, 0.6) is 0 Å². The zero-order chi connectivity index (χ0) is 22.9. The molecule has 1 amide bonds. The second-order valence-electron chi connectivity index (χ2n) is 8.29. The van der Waals surface area contributed by atoms with E-state index in [0.29, 0.717) is 19.0 Å². The van der Waals surface area contributed by atoms with Gasteiger partial charge in [-0.05, 0) is 44.7 Å². The number of rotatable bonds is 10. The first-order valence-electron chi connectivity index (χ1n) is 11.5. The number of amides is 1. The normalized spacial score (nSPS) is 18.3. The number of hydrogen-bond donors (Lipinski definition) is 4. The molecule has 0 bridgehead atoms. The van der Waals surface area contributed by atoms with Gasteiger partial charge in [-0.1, -0.05) is 31.4 Å². The number of anilines is 1. The van der Waals surface area contributed by atoms with E-state index >= 15 is 0 Å². The lowest BCUT2D eigenvalue weighted by Crippen LogP contribution is -2.38. The van der Waals surface area contributed by atoms with E-state index in [1.807, 2.05) is 25.1 Å². The van der Waals surface area contributed by atoms with Gasteiger partial charge in [0.05, 0.1) is 17.6 Å². The molecule has 3 rings (SSSR count). The summed E-state index contributed by atoms with van der Waals surface area (Å²) in [5.41, 5.74) is 13.1. The van der Waals surface area contributed by atoms with Gasteiger partial charge in [-0.15, -0.1) is 0 Å². The maximum Gasteiger partial charge on any atom is 0.289 e. The molecule has 1 aliphatic rings. The molecule has 2 atom stereocenters. The molecule has 6 N–H and O–H groups in total. The first-order chi connectivity index (χ1) is 15.5. The predicted molar refractivity (Wildman–Crippen MR) is 128 cm³/mol. The molecule has 1 aromatic carbocycles. The van der Waals surface area contributed by atoms with Gasteiger partial charge in [-0.2, -0.15) is 0 Å². The number of aliphatic imine (C=N–C) groups is 1. The van der Waals surface area contributed by atoms with Gasteiger partial charge >= 0.3 is 0 Å². The van der Waals surface area contributed by atoms with Crippen LogP contribution < -0.4 is 22.1 Å². The number of carbonyl (C=O) groups is 1. The van der Waals surface area contributed by atoms with Gasteiger partial charge in [0.25, 0.3) is 5.91 Å². The van der Waals surface area contributed by atoms with E-state index in [2.05, 4.69) is 32.5 Å². The van der Waals surface area contributed by atoms with Crippen molar-refractivity contribution in [1.82, 2.24) is 15.3 Å². The fraction of sp³-hybridized carbons (Fsp3) is 0.565. The van der Waals surface area contributed by atoms with E-state index in [4.69, 9.17) is 16.2 Å². The first-order valence-corrected chi connectivity index (χ1v) is 11.5. The van der Waals surface area contributed by atoms with Crippen molar-refractivity contribution in [3.05, 3.63) is 29.6 Å². The Bertz CT molecular complexity index is 943. The fourth-order valence-corrected chi connectivity index (χ4v) is 3.96. The Morgan fingerprint density at radius 1 is 1.22 bits per heavy atom. The van der Waals surface area contributed by atoms with Gasteiger partial charge < -0.3 is 26.8 Å². The number of aromatic nitrogens is 2. The minimum Gasteiger partial charge on any atom is -0.381 e. The molecule has 2 aromatic rings. The molecule has 1 heterocycles. The molecule has 9 heteroatoms. The highest BCUT2D eigenvalue weighted by Gasteiger charge is 2.26. The molecule has 1 fully saturated rings. The van der Waals surface area contributed by atoms with Crippen molar-refractivity contribution >= 4 is 28.6 Å². The highest BCUT2D eigenvalue weighted by molar-refractivity contribution is 5.96. The summed E-state index contributed by atoms with van der Waals surface area (Å²) < 4.78 is 5.46. The fourth-order valence-electron chi connectivity index (χ4n) is 3.96. The molecule has 1 aromatic heterocycles. The summed E-state index contributed by atoms with van der Waals surface area (Å²) in [7, 11) is 0. The van der Waals surface area contributed by atoms with Gasteiger partial charge in [0, 0.05) is 25.1 Å². The number of nitrogens with zero attached hydrogens (tertiary/aromatic N) is 3. The minimum atomic E-state index is -0.296. The lowest BCUT2D eigenvalue weighted by atomic mass is 9.90. The highest BCUT2D eigenvalue weighted by atomic mass is 16.5. The Morgan fingerprint density at radius 3 is 2.81 bits per heavy atom. The average molecular weight is 442 g/mol. The molecule has 1 aliphatic carbocycles. The van der Waals surface area contributed by atoms with E-state index in [1.54, 1.807) is 0 Å². The lowest BCUT2D eigenvalue weighted by molar-refractivity contribution is 0.0931. The quantitative estimate of drug-likeness (QED) is 0.252. The van der Waals surface area contributed by atoms with E-state index in [9.17, 15) is 4.79 Å². The molecule has 0 radical (unpaired) electrons. The third-order valence-corrected chi connectivity index (χ3v) is 5.52. The van der Waals surface area contributed by atoms with E-state index in [0.717, 1.165) is 61.6 Å². The van der Waals surface area contributed by atoms with Crippen molar-refractivity contribution in [2.75, 3.05) is 25.1 Å². The van der Waals surface area contributed by atoms with Crippen molar-refractivity contribution < 1.29 is 9.53 Å². The van der Waals surface area contributed by atoms with Gasteiger partial charge in [0.2, 0.25) is 5.82 Å². The third-order valence-electron chi connectivity index (χ3n) is 5.52. The van der Waals surface area contributed by atoms with Crippen LogP contribution in [0.15, 0.2) is 23.2 Å². The topological polar surface area (TPSA) is 141 Å². The molecule has 32 heavy (non-hydrogen) atoms. The standard InChI is InChI=1S/C23H35N7O2/c1-3-12-32-13-6-11-26-22(31)21-27-17-10-9-15(2)14-16(17)20(30-21)28-18-7-4-5-8-19(18)29-23(24)25/h9-10,14,18-19H,3-8,11-13H2,1-2H3,(H,26,31)(H4,24,25,29)(H,27,28,30). The number of ether oxygens (including phenoxy) is 1. The van der Waals surface area contributed by atoms with Crippen LogP contribution in [0.3, 0.4) is 0 Å². The van der Waals surface area contributed by atoms with Crippen LogP contribution in [-0.4, -0.2) is 53.7 Å². The van der Waals surface area contributed by atoms with Crippen molar-refractivity contribution in [2.24, 2.45) is 16.5 Å². The molecule has 0 aliphatic heterocycles. The second kappa shape index (κ2) is 11.6. The lowest BCUT2D eigenvalue weighted by Gasteiger charge is -2.30. The molecule has 2 unspecified atom stereocenters. The minimum absolute atomic E-state index is 0.0241. The van der Waals surface area contributed by atoms with E-state index in [-0.39, 0.29) is 29.8 Å². The zero-order valence-electron chi connectivity index (χ0n) is 19.1. The molecule has 0 spiro atoms. The van der Waals surface area contributed by atoms with Crippen LogP contribution in [0.25, 0.3) is 10.9 Å². The summed E-state index contributed by atoms with van der Waals surface area (Å²) in [4.78, 5) is 26.3. The van der Waals surface area contributed by atoms with Crippen molar-refractivity contribution in [3.8, 4) is 0 Å². The van der Waals surface area contributed by atoms with Crippen LogP contribution >= 0.6 is 0 Å². The number of fused-ring (bicyclic) bond motifs is 1. The Kier molecular flexibility index (Phi) is 8.61. The monoisotopic (exact) mass is 441 g/mol. The maximum absolute atomic E-state index is 12.7. The van der Waals surface area contributed by atoms with Crippen molar-refractivity contribution in [2.45, 2.75) is 64.5 Å². The zero-order valence-corrected chi connectivity index (χ0v) is 19.1. The summed E-state index contributed by atoms with van der Waals surface area (Å²) in [6.07, 6.45) is 5.73. The number of nitrogens with one attached hydrogen (secondary N) is 2. The number of guanidine groups is 1. The number of nitrogens with two attached hydrogens (primary N) is 2. The Morgan fingerprint density at radius 2 is 2.03 bits per heavy atom. The first kappa shape index (κ1) is 23.7. The summed E-state index contributed by atoms with van der Waals surface area (Å²) in [6, 6.07) is 5.94. The number of aryl methyl sites for hydroxylation is 1. The van der Waals surface area contributed by atoms with Crippen molar-refractivity contribution in [1.29, 1.82) is 0 Å². The highest BCUT2D eigenvalue weighted by Crippen LogP contribution is 2.28. The largest absolute Gasteiger partial charge is 0.381 e. The Hall–Kier alpha value is -2.94. The number of benzene rings is 1. The Labute approximate surface area is 189 Å². The van der Waals surface area contributed by atoms with E-state index in [1.165, 1.54) is 0 Å². The molecular formula is C23H35N7O2. The molecule has 1 saturated carbocycles. The number of carbonyl (C=O) groups excluding carboxylic acids is 1. The van der Waals surface area contributed by atoms with Crippen LogP contribution in [0.1, 0.15) is 61.6 Å². The second-order valence-corrected chi connectivity index (χ2v) is 8.29. The molecule has 174 valence electrons. The average Bonchev–Trinajstić information content (AvgIpc) is 2.77. The van der Waals surface area contributed by atoms with Crippen LogP contribution in [-0.2, 0) is 4.74 Å². The third kappa shape index (κ3) is 6.53. The van der Waals surface area contributed by atoms with Crippen LogP contribution in [0.4, 0.5) is 5.82 Å². The van der Waals surface area contributed by atoms with Gasteiger partial charge in [-0.25, -0.2) is 15.0 Å². The molecule has 9 nitrogen and oxygen atoms in total. The predicted octanol–water partition coefficient (Wildman–Crippen LogP) is 2.48. The van der Waals surface area contributed by atoms with Crippen LogP contribution in [0, 0.1) is 6.92 Å². The van der Waals surface area contributed by atoms with Crippen molar-refractivity contribution in [3.63, 3.8) is 0 Å². The SMILES string of the molecule is CCCOCCCNC(=O)c1nc(NC2CCCCC2N=C(N)N)c2cc(C)ccc2n1. The maximum atomic E-state index is 12.7. The summed E-state index contributed by atoms with van der Waals surface area (Å²) in [6.45, 7) is 5.95. The summed E-state index contributed by atoms with van der Waals surface area (Å²) >= 11 is 0. The Balaban J connectivity index is 1.80. The summed E-state index contributed by atoms with van der Waals surface area (Å²) in [5.74, 6) is 0.579. The summed E-state index contributed by atoms with van der Waals surface area (Å²) in [5, 5.41) is 7.29. The molecular weight excluding hydrogens is 406 g/mol. The number of hydrogen-bond acceptors (Lipinski definition) is 6.